The highest BCUT2D eigenvalue weighted by atomic mass is 127. The summed E-state index contributed by atoms with van der Waals surface area (Å²) in [6.45, 7) is 12.4. The van der Waals surface area contributed by atoms with Crippen molar-refractivity contribution in [3.05, 3.63) is 22.4 Å². The van der Waals surface area contributed by atoms with E-state index in [1.54, 1.807) is 0 Å². The summed E-state index contributed by atoms with van der Waals surface area (Å²) >= 11 is 1.82. The van der Waals surface area contributed by atoms with Crippen LogP contribution in [0.25, 0.3) is 0 Å². The zero-order valence-electron chi connectivity index (χ0n) is 16.5. The maximum Gasteiger partial charge on any atom is 0.191 e. The number of nitrogens with zero attached hydrogens (tertiary/aromatic N) is 2. The van der Waals surface area contributed by atoms with Crippen molar-refractivity contribution in [2.45, 2.75) is 39.2 Å². The lowest BCUT2D eigenvalue weighted by Gasteiger charge is -2.35. The molecule has 1 saturated heterocycles. The lowest BCUT2D eigenvalue weighted by molar-refractivity contribution is 0.0132. The molecule has 0 spiro atoms. The third-order valence-corrected chi connectivity index (χ3v) is 5.74. The molecule has 0 amide bonds. The van der Waals surface area contributed by atoms with E-state index in [0.29, 0.717) is 17.9 Å². The fraction of sp³-hybridized carbons (Fsp3) is 0.737. The summed E-state index contributed by atoms with van der Waals surface area (Å²) in [4.78, 5) is 8.36. The van der Waals surface area contributed by atoms with Gasteiger partial charge in [0.2, 0.25) is 0 Å². The van der Waals surface area contributed by atoms with E-state index in [0.717, 1.165) is 45.4 Å². The quantitative estimate of drug-likeness (QED) is 0.331. The van der Waals surface area contributed by atoms with Gasteiger partial charge in [0.05, 0.1) is 13.2 Å². The summed E-state index contributed by atoms with van der Waals surface area (Å²) < 4.78 is 5.50. The predicted octanol–water partition coefficient (Wildman–Crippen LogP) is 3.38. The average Bonchev–Trinajstić information content (AvgIpc) is 3.15. The molecule has 5 nitrogen and oxygen atoms in total. The Morgan fingerprint density at radius 3 is 2.50 bits per heavy atom. The highest BCUT2D eigenvalue weighted by molar-refractivity contribution is 14.0. The number of nitrogens with one attached hydrogen (secondary N) is 2. The molecule has 0 radical (unpaired) electrons. The van der Waals surface area contributed by atoms with Gasteiger partial charge in [0.1, 0.15) is 0 Å². The number of morpholine rings is 1. The Balaban J connectivity index is 0.00000338. The van der Waals surface area contributed by atoms with Gasteiger partial charge < -0.3 is 15.4 Å². The van der Waals surface area contributed by atoms with Gasteiger partial charge in [-0.05, 0) is 23.8 Å². The van der Waals surface area contributed by atoms with Gasteiger partial charge in [0.15, 0.2) is 5.96 Å². The van der Waals surface area contributed by atoms with Crippen molar-refractivity contribution in [1.82, 2.24) is 15.5 Å². The third kappa shape index (κ3) is 8.10. The molecule has 1 aromatic heterocycles. The summed E-state index contributed by atoms with van der Waals surface area (Å²) in [5.41, 5.74) is 0. The molecule has 1 aromatic rings. The van der Waals surface area contributed by atoms with Gasteiger partial charge in [0, 0.05) is 50.1 Å². The van der Waals surface area contributed by atoms with Crippen LogP contribution in [0, 0.1) is 5.92 Å². The van der Waals surface area contributed by atoms with Crippen molar-refractivity contribution in [3.63, 3.8) is 0 Å². The minimum atomic E-state index is 0. The second kappa shape index (κ2) is 12.9. The molecule has 0 aliphatic carbocycles. The minimum Gasteiger partial charge on any atom is -0.379 e. The first kappa shape index (κ1) is 23.7. The number of guanidine groups is 1. The molecule has 0 bridgehead atoms. The summed E-state index contributed by atoms with van der Waals surface area (Å²) in [5, 5.41) is 9.14. The summed E-state index contributed by atoms with van der Waals surface area (Å²) in [7, 11) is 1.84. The average molecular weight is 494 g/mol. The monoisotopic (exact) mass is 494 g/mol. The van der Waals surface area contributed by atoms with Gasteiger partial charge in [-0.2, -0.15) is 0 Å². The van der Waals surface area contributed by atoms with Crippen molar-refractivity contribution >= 4 is 41.3 Å². The molecule has 1 fully saturated rings. The van der Waals surface area contributed by atoms with Crippen LogP contribution in [0.4, 0.5) is 0 Å². The fourth-order valence-corrected chi connectivity index (χ4v) is 3.99. The van der Waals surface area contributed by atoms with Crippen LogP contribution in [0.3, 0.4) is 0 Å². The number of hydrogen-bond donors (Lipinski definition) is 2. The van der Waals surface area contributed by atoms with E-state index in [4.69, 9.17) is 4.74 Å². The topological polar surface area (TPSA) is 48.9 Å². The van der Waals surface area contributed by atoms with E-state index < -0.39 is 0 Å². The second-order valence-corrected chi connectivity index (χ2v) is 8.16. The molecule has 1 aliphatic heterocycles. The zero-order chi connectivity index (χ0) is 18.1. The van der Waals surface area contributed by atoms with E-state index in [1.807, 2.05) is 18.4 Å². The van der Waals surface area contributed by atoms with E-state index >= 15 is 0 Å². The van der Waals surface area contributed by atoms with Crippen molar-refractivity contribution in [2.75, 3.05) is 46.4 Å². The summed E-state index contributed by atoms with van der Waals surface area (Å²) in [6.07, 6.45) is 1.19. The van der Waals surface area contributed by atoms with Crippen LogP contribution in [0.1, 0.15) is 38.0 Å². The Labute approximate surface area is 180 Å². The summed E-state index contributed by atoms with van der Waals surface area (Å²) in [5.74, 6) is 2.07. The number of thiophene rings is 1. The van der Waals surface area contributed by atoms with E-state index in [9.17, 15) is 0 Å². The number of rotatable bonds is 8. The van der Waals surface area contributed by atoms with Crippen LogP contribution in [-0.4, -0.2) is 63.3 Å². The molecule has 2 N–H and O–H groups in total. The van der Waals surface area contributed by atoms with Crippen molar-refractivity contribution in [1.29, 1.82) is 0 Å². The van der Waals surface area contributed by atoms with E-state index in [2.05, 4.69) is 58.8 Å². The van der Waals surface area contributed by atoms with Gasteiger partial charge in [-0.1, -0.05) is 26.8 Å². The Morgan fingerprint density at radius 2 is 1.92 bits per heavy atom. The Hall–Kier alpha value is -0.380. The lowest BCUT2D eigenvalue weighted by Crippen LogP contribution is -2.51. The van der Waals surface area contributed by atoms with Gasteiger partial charge >= 0.3 is 0 Å². The van der Waals surface area contributed by atoms with Crippen molar-refractivity contribution < 1.29 is 4.74 Å². The molecule has 2 heterocycles. The van der Waals surface area contributed by atoms with E-state index in [1.165, 1.54) is 11.3 Å². The predicted molar refractivity (Wildman–Crippen MR) is 123 cm³/mol. The second-order valence-electron chi connectivity index (χ2n) is 7.18. The van der Waals surface area contributed by atoms with Crippen LogP contribution in [0.5, 0.6) is 0 Å². The molecule has 0 aromatic carbocycles. The van der Waals surface area contributed by atoms with Gasteiger partial charge in [-0.3, -0.25) is 9.89 Å². The maximum atomic E-state index is 5.50. The van der Waals surface area contributed by atoms with Crippen LogP contribution in [-0.2, 0) is 4.74 Å². The molecule has 2 rings (SSSR count). The number of ether oxygens (including phenoxy) is 1. The highest BCUT2D eigenvalue weighted by Crippen LogP contribution is 2.19. The molecule has 2 unspecified atom stereocenters. The number of halogens is 1. The van der Waals surface area contributed by atoms with Crippen LogP contribution < -0.4 is 10.6 Å². The first-order valence-electron chi connectivity index (χ1n) is 9.39. The molecule has 0 saturated carbocycles. The van der Waals surface area contributed by atoms with Crippen LogP contribution in [0.2, 0.25) is 0 Å². The van der Waals surface area contributed by atoms with Crippen molar-refractivity contribution in [2.24, 2.45) is 10.9 Å². The smallest absolute Gasteiger partial charge is 0.191 e. The highest BCUT2D eigenvalue weighted by Gasteiger charge is 2.22. The summed E-state index contributed by atoms with van der Waals surface area (Å²) in [6, 6.07) is 4.84. The molecule has 150 valence electrons. The first-order chi connectivity index (χ1) is 12.1. The van der Waals surface area contributed by atoms with Crippen LogP contribution in [0.15, 0.2) is 22.5 Å². The number of aliphatic imine (C=N–C) groups is 1. The zero-order valence-corrected chi connectivity index (χ0v) is 19.7. The third-order valence-electron chi connectivity index (χ3n) is 4.64. The maximum absolute atomic E-state index is 5.50. The van der Waals surface area contributed by atoms with Crippen LogP contribution >= 0.6 is 35.3 Å². The van der Waals surface area contributed by atoms with Gasteiger partial charge in [0.25, 0.3) is 0 Å². The molecule has 2 atom stereocenters. The Kier molecular flexibility index (Phi) is 11.7. The Bertz CT molecular complexity index is 504. The normalized spacial score (nSPS) is 18.3. The first-order valence-corrected chi connectivity index (χ1v) is 10.3. The molecule has 26 heavy (non-hydrogen) atoms. The fourth-order valence-electron chi connectivity index (χ4n) is 3.21. The number of hydrogen-bond acceptors (Lipinski definition) is 4. The molecular weight excluding hydrogens is 459 g/mol. The largest absolute Gasteiger partial charge is 0.379 e. The van der Waals surface area contributed by atoms with Crippen molar-refractivity contribution in [3.8, 4) is 0 Å². The Morgan fingerprint density at radius 1 is 1.23 bits per heavy atom. The molecule has 1 aliphatic rings. The van der Waals surface area contributed by atoms with E-state index in [-0.39, 0.29) is 24.0 Å². The van der Waals surface area contributed by atoms with Gasteiger partial charge in [-0.15, -0.1) is 35.3 Å². The molecular formula is C19H35IN4OS. The molecule has 7 heteroatoms. The standard InChI is InChI=1S/C19H34N4OS.HI/c1-15(2)12-17(23-7-9-24-10-8-23)14-22-19(20-4)21-13-16(3)18-6-5-11-25-18;/h5-6,11,15-17H,7-10,12-14H2,1-4H3,(H2,20,21,22);1H. The SMILES string of the molecule is CN=C(NCC(C)c1cccs1)NCC(CC(C)C)N1CCOCC1.I. The van der Waals surface area contributed by atoms with Gasteiger partial charge in [-0.25, -0.2) is 0 Å². The lowest BCUT2D eigenvalue weighted by atomic mass is 10.0. The minimum absolute atomic E-state index is 0.